The topological polar surface area (TPSA) is 58.2 Å². The average Bonchev–Trinajstić information content (AvgIpc) is 2.47. The number of carbonyl (C=O) groups is 2. The lowest BCUT2D eigenvalue weighted by molar-refractivity contribution is -0.126. The normalized spacial score (nSPS) is 11.1. The lowest BCUT2D eigenvalue weighted by Gasteiger charge is -2.25. The van der Waals surface area contributed by atoms with Gasteiger partial charge in [-0.15, -0.1) is 0 Å². The fourth-order valence-electron chi connectivity index (χ4n) is 1.99. The number of halogens is 1. The summed E-state index contributed by atoms with van der Waals surface area (Å²) in [6.07, 6.45) is 4.31. The highest BCUT2D eigenvalue weighted by Gasteiger charge is 2.29. The minimum atomic E-state index is -1.02. The SMILES string of the molecule is CCCCCCNC(=O)C(C)(C)NC(=O)c1ccc(F)cc1. The van der Waals surface area contributed by atoms with Gasteiger partial charge in [0.05, 0.1) is 0 Å². The fraction of sp³-hybridized carbons (Fsp3) is 0.529. The second kappa shape index (κ2) is 8.51. The molecule has 0 aromatic heterocycles. The Morgan fingerprint density at radius 3 is 2.32 bits per heavy atom. The summed E-state index contributed by atoms with van der Waals surface area (Å²) in [5, 5.41) is 5.50. The number of amides is 2. The molecular weight excluding hydrogens is 283 g/mol. The molecule has 1 rings (SSSR count). The van der Waals surface area contributed by atoms with E-state index in [1.807, 2.05) is 0 Å². The first-order valence-corrected chi connectivity index (χ1v) is 7.73. The maximum Gasteiger partial charge on any atom is 0.252 e. The van der Waals surface area contributed by atoms with Crippen LogP contribution in [-0.2, 0) is 4.79 Å². The first-order valence-electron chi connectivity index (χ1n) is 7.73. The van der Waals surface area contributed by atoms with Crippen molar-refractivity contribution in [2.75, 3.05) is 6.54 Å². The van der Waals surface area contributed by atoms with Crippen LogP contribution in [0.5, 0.6) is 0 Å². The molecule has 0 aliphatic rings. The third-order valence-corrected chi connectivity index (χ3v) is 3.42. The van der Waals surface area contributed by atoms with Gasteiger partial charge in [0, 0.05) is 12.1 Å². The van der Waals surface area contributed by atoms with Gasteiger partial charge >= 0.3 is 0 Å². The van der Waals surface area contributed by atoms with Gasteiger partial charge < -0.3 is 10.6 Å². The zero-order chi connectivity index (χ0) is 16.6. The van der Waals surface area contributed by atoms with E-state index in [9.17, 15) is 14.0 Å². The van der Waals surface area contributed by atoms with Crippen LogP contribution in [0.15, 0.2) is 24.3 Å². The number of benzene rings is 1. The quantitative estimate of drug-likeness (QED) is 0.725. The van der Waals surface area contributed by atoms with Crippen LogP contribution >= 0.6 is 0 Å². The zero-order valence-electron chi connectivity index (χ0n) is 13.5. The van der Waals surface area contributed by atoms with E-state index in [0.29, 0.717) is 12.1 Å². The molecule has 2 amide bonds. The highest BCUT2D eigenvalue weighted by molar-refractivity contribution is 5.98. The van der Waals surface area contributed by atoms with Gasteiger partial charge in [0.2, 0.25) is 5.91 Å². The molecule has 0 aliphatic carbocycles. The average molecular weight is 308 g/mol. The summed E-state index contributed by atoms with van der Waals surface area (Å²) in [4.78, 5) is 24.2. The molecule has 0 aliphatic heterocycles. The Balaban J connectivity index is 2.49. The number of hydrogen-bond acceptors (Lipinski definition) is 2. The van der Waals surface area contributed by atoms with Crippen molar-refractivity contribution in [2.24, 2.45) is 0 Å². The second-order valence-electron chi connectivity index (χ2n) is 5.90. The third-order valence-electron chi connectivity index (χ3n) is 3.42. The van der Waals surface area contributed by atoms with Crippen LogP contribution in [-0.4, -0.2) is 23.9 Å². The third kappa shape index (κ3) is 5.84. The predicted molar refractivity (Wildman–Crippen MR) is 85.1 cm³/mol. The lowest BCUT2D eigenvalue weighted by atomic mass is 10.0. The summed E-state index contributed by atoms with van der Waals surface area (Å²) >= 11 is 0. The fourth-order valence-corrected chi connectivity index (χ4v) is 1.99. The number of rotatable bonds is 8. The van der Waals surface area contributed by atoms with E-state index in [2.05, 4.69) is 17.6 Å². The van der Waals surface area contributed by atoms with Crippen LogP contribution in [0.4, 0.5) is 4.39 Å². The van der Waals surface area contributed by atoms with E-state index in [0.717, 1.165) is 25.7 Å². The molecule has 1 aromatic rings. The van der Waals surface area contributed by atoms with Gasteiger partial charge in [-0.1, -0.05) is 26.2 Å². The molecule has 0 saturated carbocycles. The molecule has 0 atom stereocenters. The molecule has 2 N–H and O–H groups in total. The highest BCUT2D eigenvalue weighted by atomic mass is 19.1. The van der Waals surface area contributed by atoms with Crippen LogP contribution < -0.4 is 10.6 Å². The Bertz CT molecular complexity index is 498. The van der Waals surface area contributed by atoms with E-state index >= 15 is 0 Å². The predicted octanol–water partition coefficient (Wildman–Crippen LogP) is 3.03. The zero-order valence-corrected chi connectivity index (χ0v) is 13.5. The Labute approximate surface area is 131 Å². The Kier molecular flexibility index (Phi) is 7.02. The van der Waals surface area contributed by atoms with Gasteiger partial charge in [0.1, 0.15) is 11.4 Å². The van der Waals surface area contributed by atoms with E-state index in [1.165, 1.54) is 24.3 Å². The summed E-state index contributed by atoms with van der Waals surface area (Å²) in [6.45, 7) is 6.03. The van der Waals surface area contributed by atoms with Gasteiger partial charge in [0.25, 0.3) is 5.91 Å². The van der Waals surface area contributed by atoms with E-state index in [-0.39, 0.29) is 5.91 Å². The number of hydrogen-bond donors (Lipinski definition) is 2. The maximum absolute atomic E-state index is 12.8. The Morgan fingerprint density at radius 1 is 1.09 bits per heavy atom. The lowest BCUT2D eigenvalue weighted by Crippen LogP contribution is -2.54. The van der Waals surface area contributed by atoms with E-state index < -0.39 is 17.3 Å². The monoisotopic (exact) mass is 308 g/mol. The molecule has 1 aromatic carbocycles. The molecule has 0 saturated heterocycles. The first kappa shape index (κ1) is 18.1. The van der Waals surface area contributed by atoms with Gasteiger partial charge in [-0.25, -0.2) is 4.39 Å². The van der Waals surface area contributed by atoms with Crippen molar-refractivity contribution in [1.29, 1.82) is 0 Å². The molecule has 0 bridgehead atoms. The largest absolute Gasteiger partial charge is 0.354 e. The second-order valence-corrected chi connectivity index (χ2v) is 5.90. The molecule has 22 heavy (non-hydrogen) atoms. The molecule has 0 unspecified atom stereocenters. The van der Waals surface area contributed by atoms with Crippen molar-refractivity contribution >= 4 is 11.8 Å². The standard InChI is InChI=1S/C17H25FN2O2/c1-4-5-6-7-12-19-16(22)17(2,3)20-15(21)13-8-10-14(18)11-9-13/h8-11H,4-7,12H2,1-3H3,(H,19,22)(H,20,21). The summed E-state index contributed by atoms with van der Waals surface area (Å²) in [7, 11) is 0. The molecular formula is C17H25FN2O2. The molecule has 0 spiro atoms. The molecule has 4 nitrogen and oxygen atoms in total. The summed E-state index contributed by atoms with van der Waals surface area (Å²) in [5.74, 6) is -1.02. The molecule has 122 valence electrons. The minimum absolute atomic E-state index is 0.223. The minimum Gasteiger partial charge on any atom is -0.354 e. The van der Waals surface area contributed by atoms with Crippen molar-refractivity contribution in [3.05, 3.63) is 35.6 Å². The smallest absolute Gasteiger partial charge is 0.252 e. The van der Waals surface area contributed by atoms with Crippen molar-refractivity contribution in [2.45, 2.75) is 52.0 Å². The maximum atomic E-state index is 12.8. The van der Waals surface area contributed by atoms with Crippen molar-refractivity contribution in [3.63, 3.8) is 0 Å². The summed E-state index contributed by atoms with van der Waals surface area (Å²) in [6, 6.07) is 5.22. The Morgan fingerprint density at radius 2 is 1.73 bits per heavy atom. The first-order chi connectivity index (χ1) is 10.4. The van der Waals surface area contributed by atoms with Crippen molar-refractivity contribution in [1.82, 2.24) is 10.6 Å². The van der Waals surface area contributed by atoms with Crippen LogP contribution in [0.25, 0.3) is 0 Å². The molecule has 0 radical (unpaired) electrons. The van der Waals surface area contributed by atoms with Crippen LogP contribution in [0.2, 0.25) is 0 Å². The Hall–Kier alpha value is -1.91. The van der Waals surface area contributed by atoms with Gasteiger partial charge in [-0.05, 0) is 44.5 Å². The van der Waals surface area contributed by atoms with Gasteiger partial charge in [-0.2, -0.15) is 0 Å². The van der Waals surface area contributed by atoms with Crippen molar-refractivity contribution < 1.29 is 14.0 Å². The van der Waals surface area contributed by atoms with Gasteiger partial charge in [-0.3, -0.25) is 9.59 Å². The van der Waals surface area contributed by atoms with E-state index in [4.69, 9.17) is 0 Å². The number of unbranched alkanes of at least 4 members (excludes halogenated alkanes) is 3. The van der Waals surface area contributed by atoms with E-state index in [1.54, 1.807) is 13.8 Å². The number of carbonyl (C=O) groups excluding carboxylic acids is 2. The van der Waals surface area contributed by atoms with Gasteiger partial charge in [0.15, 0.2) is 0 Å². The number of nitrogens with one attached hydrogen (secondary N) is 2. The highest BCUT2D eigenvalue weighted by Crippen LogP contribution is 2.08. The summed E-state index contributed by atoms with van der Waals surface area (Å²) < 4.78 is 12.8. The summed E-state index contributed by atoms with van der Waals surface area (Å²) in [5.41, 5.74) is -0.693. The molecule has 0 heterocycles. The van der Waals surface area contributed by atoms with Crippen LogP contribution in [0, 0.1) is 5.82 Å². The molecule has 5 heteroatoms. The van der Waals surface area contributed by atoms with Crippen LogP contribution in [0.1, 0.15) is 56.8 Å². The van der Waals surface area contributed by atoms with Crippen LogP contribution in [0.3, 0.4) is 0 Å². The molecule has 0 fully saturated rings. The van der Waals surface area contributed by atoms with Crippen molar-refractivity contribution in [3.8, 4) is 0 Å².